The fourth-order valence-corrected chi connectivity index (χ4v) is 2.28. The lowest BCUT2D eigenvalue weighted by atomic mass is 10.2. The van der Waals surface area contributed by atoms with E-state index < -0.39 is 5.97 Å². The Bertz CT molecular complexity index is 389. The quantitative estimate of drug-likeness (QED) is 0.807. The Hall–Kier alpha value is -1.29. The predicted molar refractivity (Wildman–Crippen MR) is 55.3 cm³/mol. The van der Waals surface area contributed by atoms with E-state index in [0.717, 1.165) is 24.4 Å². The molecule has 0 radical (unpaired) electrons. The van der Waals surface area contributed by atoms with E-state index in [2.05, 4.69) is 4.57 Å². The zero-order valence-corrected chi connectivity index (χ0v) is 8.99. The molecule has 0 aromatic carbocycles. The molecular weight excluding hydrogens is 194 g/mol. The number of aromatic carboxylic acids is 1. The Morgan fingerprint density at radius 3 is 2.80 bits per heavy atom. The van der Waals surface area contributed by atoms with Crippen LogP contribution < -0.4 is 0 Å². The SMILES string of the molecule is Cc1cc(C(=O)O)c(C)n1[C@@H]1CCOC1. The number of ether oxygens (including phenoxy) is 1. The van der Waals surface area contributed by atoms with Crippen LogP contribution in [0.15, 0.2) is 6.07 Å². The highest BCUT2D eigenvalue weighted by atomic mass is 16.5. The number of rotatable bonds is 2. The standard InChI is InChI=1S/C11H15NO3/c1-7-5-10(11(13)14)8(2)12(7)9-3-4-15-6-9/h5,9H,3-4,6H2,1-2H3,(H,13,14)/t9-/m1/s1. The second-order valence-electron chi connectivity index (χ2n) is 3.98. The molecule has 1 N–H and O–H groups in total. The largest absolute Gasteiger partial charge is 0.478 e. The first-order valence-corrected chi connectivity index (χ1v) is 5.10. The summed E-state index contributed by atoms with van der Waals surface area (Å²) in [7, 11) is 0. The van der Waals surface area contributed by atoms with Crippen molar-refractivity contribution in [2.24, 2.45) is 0 Å². The number of carboxylic acids is 1. The maximum absolute atomic E-state index is 11.0. The summed E-state index contributed by atoms with van der Waals surface area (Å²) < 4.78 is 7.40. The molecule has 0 amide bonds. The monoisotopic (exact) mass is 209 g/mol. The van der Waals surface area contributed by atoms with E-state index >= 15 is 0 Å². The highest BCUT2D eigenvalue weighted by Crippen LogP contribution is 2.26. The molecule has 0 spiro atoms. The summed E-state index contributed by atoms with van der Waals surface area (Å²) in [5.41, 5.74) is 2.23. The third-order valence-electron chi connectivity index (χ3n) is 2.99. The van der Waals surface area contributed by atoms with Crippen LogP contribution in [0.3, 0.4) is 0 Å². The summed E-state index contributed by atoms with van der Waals surface area (Å²) in [5.74, 6) is -0.853. The summed E-state index contributed by atoms with van der Waals surface area (Å²) in [4.78, 5) is 11.0. The maximum Gasteiger partial charge on any atom is 0.337 e. The van der Waals surface area contributed by atoms with Crippen LogP contribution in [-0.4, -0.2) is 28.9 Å². The van der Waals surface area contributed by atoms with Gasteiger partial charge in [-0.15, -0.1) is 0 Å². The fraction of sp³-hybridized carbons (Fsp3) is 0.545. The van der Waals surface area contributed by atoms with Crippen LogP contribution in [0.25, 0.3) is 0 Å². The van der Waals surface area contributed by atoms with E-state index in [1.165, 1.54) is 0 Å². The molecule has 2 rings (SSSR count). The van der Waals surface area contributed by atoms with Gasteiger partial charge in [0, 0.05) is 18.0 Å². The van der Waals surface area contributed by atoms with Crippen molar-refractivity contribution < 1.29 is 14.6 Å². The Labute approximate surface area is 88.5 Å². The molecule has 1 aliphatic heterocycles. The van der Waals surface area contributed by atoms with Crippen LogP contribution in [0.5, 0.6) is 0 Å². The van der Waals surface area contributed by atoms with Crippen LogP contribution in [-0.2, 0) is 4.74 Å². The van der Waals surface area contributed by atoms with Gasteiger partial charge in [-0.05, 0) is 26.3 Å². The van der Waals surface area contributed by atoms with Crippen LogP contribution in [0.2, 0.25) is 0 Å². The molecule has 1 fully saturated rings. The molecule has 82 valence electrons. The first-order chi connectivity index (χ1) is 7.11. The Morgan fingerprint density at radius 2 is 2.33 bits per heavy atom. The molecule has 1 aliphatic rings. The molecule has 0 bridgehead atoms. The van der Waals surface area contributed by atoms with E-state index in [9.17, 15) is 4.79 Å². The van der Waals surface area contributed by atoms with Crippen LogP contribution in [0.1, 0.15) is 34.2 Å². The third kappa shape index (κ3) is 1.65. The molecule has 1 aromatic rings. The molecule has 0 unspecified atom stereocenters. The van der Waals surface area contributed by atoms with E-state index in [1.807, 2.05) is 13.8 Å². The van der Waals surface area contributed by atoms with Gasteiger partial charge in [-0.25, -0.2) is 4.79 Å². The minimum Gasteiger partial charge on any atom is -0.478 e. The zero-order valence-electron chi connectivity index (χ0n) is 8.99. The third-order valence-corrected chi connectivity index (χ3v) is 2.99. The minimum absolute atomic E-state index is 0.304. The van der Waals surface area contributed by atoms with Crippen LogP contribution in [0.4, 0.5) is 0 Å². The van der Waals surface area contributed by atoms with Crippen molar-refractivity contribution in [1.82, 2.24) is 4.57 Å². The van der Waals surface area contributed by atoms with Crippen molar-refractivity contribution in [3.8, 4) is 0 Å². The molecule has 2 heterocycles. The Balaban J connectivity index is 2.42. The van der Waals surface area contributed by atoms with E-state index in [-0.39, 0.29) is 0 Å². The molecule has 0 aliphatic carbocycles. The van der Waals surface area contributed by atoms with Crippen molar-refractivity contribution in [3.63, 3.8) is 0 Å². The van der Waals surface area contributed by atoms with Crippen molar-refractivity contribution in [3.05, 3.63) is 23.0 Å². The van der Waals surface area contributed by atoms with E-state index in [0.29, 0.717) is 18.2 Å². The summed E-state index contributed by atoms with van der Waals surface area (Å²) >= 11 is 0. The number of hydrogen-bond acceptors (Lipinski definition) is 2. The first-order valence-electron chi connectivity index (χ1n) is 5.10. The minimum atomic E-state index is -0.853. The second kappa shape index (κ2) is 3.70. The Kier molecular flexibility index (Phi) is 2.52. The molecule has 1 atom stereocenters. The van der Waals surface area contributed by atoms with Gasteiger partial charge in [0.15, 0.2) is 0 Å². The van der Waals surface area contributed by atoms with Gasteiger partial charge in [0.2, 0.25) is 0 Å². The van der Waals surface area contributed by atoms with Crippen LogP contribution in [0, 0.1) is 13.8 Å². The van der Waals surface area contributed by atoms with Gasteiger partial charge in [0.05, 0.1) is 18.2 Å². The average Bonchev–Trinajstić information content (AvgIpc) is 2.73. The lowest BCUT2D eigenvalue weighted by Gasteiger charge is -2.15. The highest BCUT2D eigenvalue weighted by molar-refractivity contribution is 5.89. The Morgan fingerprint density at radius 1 is 1.60 bits per heavy atom. The maximum atomic E-state index is 11.0. The molecule has 4 nitrogen and oxygen atoms in total. The van der Waals surface area contributed by atoms with Gasteiger partial charge in [0.1, 0.15) is 0 Å². The molecular formula is C11H15NO3. The average molecular weight is 209 g/mol. The smallest absolute Gasteiger partial charge is 0.337 e. The number of aromatic nitrogens is 1. The van der Waals surface area contributed by atoms with Gasteiger partial charge < -0.3 is 14.4 Å². The fourth-order valence-electron chi connectivity index (χ4n) is 2.28. The predicted octanol–water partition coefficient (Wildman–Crippen LogP) is 1.76. The molecule has 1 saturated heterocycles. The van der Waals surface area contributed by atoms with E-state index in [4.69, 9.17) is 9.84 Å². The number of nitrogens with zero attached hydrogens (tertiary/aromatic N) is 1. The zero-order chi connectivity index (χ0) is 11.0. The summed E-state index contributed by atoms with van der Waals surface area (Å²) in [6.07, 6.45) is 0.968. The van der Waals surface area contributed by atoms with E-state index in [1.54, 1.807) is 6.07 Å². The number of carboxylic acid groups (broad SMARTS) is 1. The van der Waals surface area contributed by atoms with Crippen molar-refractivity contribution in [2.45, 2.75) is 26.3 Å². The van der Waals surface area contributed by atoms with Gasteiger partial charge in [-0.3, -0.25) is 0 Å². The lowest BCUT2D eigenvalue weighted by Crippen LogP contribution is -2.12. The van der Waals surface area contributed by atoms with Gasteiger partial charge >= 0.3 is 5.97 Å². The number of hydrogen-bond donors (Lipinski definition) is 1. The van der Waals surface area contributed by atoms with Crippen molar-refractivity contribution in [2.75, 3.05) is 13.2 Å². The first kappa shape index (κ1) is 10.2. The highest BCUT2D eigenvalue weighted by Gasteiger charge is 2.23. The number of carbonyl (C=O) groups is 1. The van der Waals surface area contributed by atoms with Crippen molar-refractivity contribution >= 4 is 5.97 Å². The van der Waals surface area contributed by atoms with Gasteiger partial charge in [-0.1, -0.05) is 0 Å². The normalized spacial score (nSPS) is 20.8. The van der Waals surface area contributed by atoms with Crippen molar-refractivity contribution in [1.29, 1.82) is 0 Å². The topological polar surface area (TPSA) is 51.5 Å². The molecule has 1 aromatic heterocycles. The van der Waals surface area contributed by atoms with Gasteiger partial charge in [0.25, 0.3) is 0 Å². The number of aryl methyl sites for hydroxylation is 1. The second-order valence-corrected chi connectivity index (χ2v) is 3.98. The summed E-state index contributed by atoms with van der Waals surface area (Å²) in [5, 5.41) is 9.00. The summed E-state index contributed by atoms with van der Waals surface area (Å²) in [6.45, 7) is 5.26. The summed E-state index contributed by atoms with van der Waals surface area (Å²) in [6, 6.07) is 2.04. The van der Waals surface area contributed by atoms with Gasteiger partial charge in [-0.2, -0.15) is 0 Å². The molecule has 0 saturated carbocycles. The molecule has 15 heavy (non-hydrogen) atoms. The van der Waals surface area contributed by atoms with Crippen LogP contribution >= 0.6 is 0 Å². The lowest BCUT2D eigenvalue weighted by molar-refractivity contribution is 0.0696. The molecule has 4 heteroatoms.